The lowest BCUT2D eigenvalue weighted by Crippen LogP contribution is -2.25. The molecule has 0 fully saturated rings. The molecule has 10 heteroatoms. The van der Waals surface area contributed by atoms with Gasteiger partial charge in [0.2, 0.25) is 0 Å². The minimum atomic E-state index is -3.68. The van der Waals surface area contributed by atoms with E-state index >= 15 is 0 Å². The highest BCUT2D eigenvalue weighted by atomic mass is 31.2. The van der Waals surface area contributed by atoms with Gasteiger partial charge in [-0.1, -0.05) is 127 Å². The molecule has 0 saturated carbocycles. The Morgan fingerprint density at radius 1 is 0.717 bits per heavy atom. The number of ether oxygens (including phenoxy) is 2. The van der Waals surface area contributed by atoms with Gasteiger partial charge in [-0.15, -0.1) is 0 Å². The molecule has 1 heterocycles. The molecule has 0 bridgehead atoms. The summed E-state index contributed by atoms with van der Waals surface area (Å²) in [6.45, 7) is 4.09. The molecule has 2 N–H and O–H groups in total. The highest BCUT2D eigenvalue weighted by molar-refractivity contribution is 7.54. The number of fused-ring (bicyclic) bond motifs is 1. The number of benzene rings is 2. The van der Waals surface area contributed by atoms with Gasteiger partial charge in [-0.05, 0) is 30.4 Å². The largest absolute Gasteiger partial charge is 0.422 e. The fourth-order valence-corrected chi connectivity index (χ4v) is 6.73. The zero-order chi connectivity index (χ0) is 32.7. The van der Waals surface area contributed by atoms with Crippen molar-refractivity contribution in [2.75, 3.05) is 38.5 Å². The van der Waals surface area contributed by atoms with Crippen molar-refractivity contribution in [2.24, 2.45) is 0 Å². The van der Waals surface area contributed by atoms with Gasteiger partial charge >= 0.3 is 13.3 Å². The second kappa shape index (κ2) is 22.8. The first-order valence-corrected chi connectivity index (χ1v) is 19.1. The number of anilines is 1. The van der Waals surface area contributed by atoms with Crippen LogP contribution in [0.2, 0.25) is 0 Å². The van der Waals surface area contributed by atoms with E-state index in [9.17, 15) is 9.36 Å². The Morgan fingerprint density at radius 3 is 2.04 bits per heavy atom. The number of nitrogen functional groups attached to an aromatic ring is 1. The van der Waals surface area contributed by atoms with E-state index in [1.165, 1.54) is 88.0 Å². The van der Waals surface area contributed by atoms with Gasteiger partial charge in [-0.2, -0.15) is 4.98 Å². The lowest BCUT2D eigenvalue weighted by Gasteiger charge is -2.20. The molecule has 46 heavy (non-hydrogen) atoms. The first kappa shape index (κ1) is 37.7. The highest BCUT2D eigenvalue weighted by Gasteiger charge is 2.27. The predicted octanol–water partition coefficient (Wildman–Crippen LogP) is 9.13. The summed E-state index contributed by atoms with van der Waals surface area (Å²) >= 11 is 0. The number of aromatic nitrogens is 2. The van der Waals surface area contributed by atoms with Crippen molar-refractivity contribution in [3.63, 3.8) is 0 Å². The molecule has 0 saturated heterocycles. The maximum absolute atomic E-state index is 13.8. The van der Waals surface area contributed by atoms with Crippen LogP contribution in [0, 0.1) is 0 Å². The summed E-state index contributed by atoms with van der Waals surface area (Å²) < 4.78 is 38.6. The molecule has 3 rings (SSSR count). The molecule has 3 aromatic rings. The molecule has 0 amide bonds. The average molecular weight is 658 g/mol. The zero-order valence-electron chi connectivity index (χ0n) is 27.9. The van der Waals surface area contributed by atoms with Crippen LogP contribution in [0.15, 0.2) is 59.5 Å². The Hall–Kier alpha value is -2.71. The molecule has 1 aromatic heterocycles. The maximum Gasteiger partial charge on any atom is 0.404 e. The van der Waals surface area contributed by atoms with Gasteiger partial charge in [-0.25, -0.2) is 9.36 Å². The molecule has 1 unspecified atom stereocenters. The van der Waals surface area contributed by atoms with Crippen molar-refractivity contribution in [2.45, 2.75) is 110 Å². The van der Waals surface area contributed by atoms with Crippen LogP contribution in [0.3, 0.4) is 0 Å². The topological polar surface area (TPSA) is 115 Å². The Bertz CT molecular complexity index is 1350. The quantitative estimate of drug-likeness (QED) is 0.0638. The van der Waals surface area contributed by atoms with Gasteiger partial charge in [0.05, 0.1) is 19.8 Å². The first-order chi connectivity index (χ1) is 22.5. The summed E-state index contributed by atoms with van der Waals surface area (Å²) in [5.41, 5.74) is 5.09. The van der Waals surface area contributed by atoms with E-state index in [4.69, 9.17) is 24.3 Å². The highest BCUT2D eigenvalue weighted by Crippen LogP contribution is 2.49. The van der Waals surface area contributed by atoms with Gasteiger partial charge in [0.1, 0.15) is 11.6 Å². The van der Waals surface area contributed by atoms with Crippen molar-refractivity contribution in [3.05, 3.63) is 65.2 Å². The lowest BCUT2D eigenvalue weighted by molar-refractivity contribution is 0.107. The second-order valence-electron chi connectivity index (χ2n) is 11.9. The number of nitrogens with zero attached hydrogens (tertiary/aromatic N) is 2. The molecule has 0 aliphatic carbocycles. The third kappa shape index (κ3) is 15.3. The summed E-state index contributed by atoms with van der Waals surface area (Å²) in [5, 5.41) is 1.81. The average Bonchev–Trinajstić information content (AvgIpc) is 3.05. The molecule has 1 atom stereocenters. The van der Waals surface area contributed by atoms with E-state index < -0.39 is 13.3 Å². The van der Waals surface area contributed by atoms with Crippen molar-refractivity contribution in [1.82, 2.24) is 9.55 Å². The minimum absolute atomic E-state index is 0.125. The predicted molar refractivity (Wildman–Crippen MR) is 188 cm³/mol. The third-order valence-corrected chi connectivity index (χ3v) is 9.52. The standard InChI is InChI=1S/C36H56N3O6P/c1-2-3-4-5-6-7-8-9-10-11-12-13-14-17-27-42-28-19-29-44-46(41,31-43-30-26-39-25-24-35(37)38-36(39)40)45-34-23-18-21-32-20-15-16-22-33(32)34/h15-16,18,20-25H,2-14,17,19,26-31H2,1H3,(H2,37,38,40). The van der Waals surface area contributed by atoms with Crippen molar-refractivity contribution < 1.29 is 23.1 Å². The number of nitrogens with two attached hydrogens (primary N) is 1. The Kier molecular flexibility index (Phi) is 18.7. The molecule has 0 aliphatic heterocycles. The summed E-state index contributed by atoms with van der Waals surface area (Å²) in [6.07, 6.45) is 20.5. The van der Waals surface area contributed by atoms with E-state index in [0.29, 0.717) is 18.8 Å². The second-order valence-corrected chi connectivity index (χ2v) is 13.9. The summed E-state index contributed by atoms with van der Waals surface area (Å²) in [7, 11) is -3.68. The number of unbranched alkanes of at least 4 members (excludes halogenated alkanes) is 13. The van der Waals surface area contributed by atoms with E-state index in [2.05, 4.69) is 11.9 Å². The first-order valence-electron chi connectivity index (χ1n) is 17.4. The van der Waals surface area contributed by atoms with E-state index in [1.54, 1.807) is 18.3 Å². The van der Waals surface area contributed by atoms with E-state index in [0.717, 1.165) is 23.8 Å². The smallest absolute Gasteiger partial charge is 0.404 e. The van der Waals surface area contributed by atoms with Crippen LogP contribution in [0.5, 0.6) is 5.75 Å². The van der Waals surface area contributed by atoms with Crippen molar-refractivity contribution >= 4 is 24.2 Å². The molecule has 0 spiro atoms. The van der Waals surface area contributed by atoms with Crippen LogP contribution < -0.4 is 15.9 Å². The van der Waals surface area contributed by atoms with E-state index in [1.807, 2.05) is 36.4 Å². The normalized spacial score (nSPS) is 12.8. The van der Waals surface area contributed by atoms with Crippen molar-refractivity contribution in [1.29, 1.82) is 0 Å². The van der Waals surface area contributed by atoms with Crippen LogP contribution in [-0.4, -0.2) is 42.3 Å². The van der Waals surface area contributed by atoms with Crippen LogP contribution in [-0.2, 0) is 25.1 Å². The van der Waals surface area contributed by atoms with Crippen LogP contribution in [0.4, 0.5) is 5.82 Å². The Labute approximate surface area is 275 Å². The van der Waals surface area contributed by atoms with Crippen LogP contribution >= 0.6 is 7.60 Å². The minimum Gasteiger partial charge on any atom is -0.422 e. The van der Waals surface area contributed by atoms with Gasteiger partial charge in [0.25, 0.3) is 0 Å². The molecule has 256 valence electrons. The fraction of sp³-hybridized carbons (Fsp3) is 0.611. The molecular weight excluding hydrogens is 601 g/mol. The Balaban J connectivity index is 1.30. The van der Waals surface area contributed by atoms with Gasteiger partial charge in [-0.3, -0.25) is 9.09 Å². The van der Waals surface area contributed by atoms with Gasteiger partial charge in [0, 0.05) is 24.8 Å². The summed E-state index contributed by atoms with van der Waals surface area (Å²) in [4.78, 5) is 15.7. The van der Waals surface area contributed by atoms with Gasteiger partial charge < -0.3 is 19.7 Å². The Morgan fingerprint density at radius 2 is 1.35 bits per heavy atom. The molecule has 2 aromatic carbocycles. The SMILES string of the molecule is CCCCCCCCCCCCCCCCOCCCOP(=O)(COCCn1ccc(N)nc1=O)Oc1cccc2ccccc12. The summed E-state index contributed by atoms with van der Waals surface area (Å²) in [6, 6.07) is 14.9. The lowest BCUT2D eigenvalue weighted by atomic mass is 10.0. The maximum atomic E-state index is 13.8. The zero-order valence-corrected chi connectivity index (χ0v) is 28.8. The van der Waals surface area contributed by atoms with Crippen LogP contribution in [0.25, 0.3) is 10.8 Å². The fourth-order valence-electron chi connectivity index (χ4n) is 5.33. The molecule has 9 nitrogen and oxygen atoms in total. The van der Waals surface area contributed by atoms with Crippen molar-refractivity contribution in [3.8, 4) is 5.75 Å². The van der Waals surface area contributed by atoms with Crippen LogP contribution in [0.1, 0.15) is 103 Å². The monoisotopic (exact) mass is 657 g/mol. The summed E-state index contributed by atoms with van der Waals surface area (Å²) in [5.74, 6) is 0.630. The molecular formula is C36H56N3O6P. The number of hydrogen-bond acceptors (Lipinski definition) is 8. The van der Waals surface area contributed by atoms with Gasteiger partial charge in [0.15, 0.2) is 6.35 Å². The van der Waals surface area contributed by atoms with E-state index in [-0.39, 0.29) is 31.9 Å². The molecule has 0 radical (unpaired) electrons. The number of rotatable bonds is 27. The molecule has 0 aliphatic rings. The number of hydrogen-bond donors (Lipinski definition) is 1. The third-order valence-electron chi connectivity index (χ3n) is 7.97.